The molecule has 3 amide bonds. The fourth-order valence-electron chi connectivity index (χ4n) is 2.63. The zero-order chi connectivity index (χ0) is 15.6. The smallest absolute Gasteiger partial charge is 0.322 e. The van der Waals surface area contributed by atoms with Crippen LogP contribution in [0.25, 0.3) is 0 Å². The van der Waals surface area contributed by atoms with E-state index in [1.807, 2.05) is 6.92 Å². The fraction of sp³-hybridized carbons (Fsp3) is 0.467. The summed E-state index contributed by atoms with van der Waals surface area (Å²) in [5.41, 5.74) is 6.46. The van der Waals surface area contributed by atoms with Crippen LogP contribution >= 0.6 is 0 Å². The summed E-state index contributed by atoms with van der Waals surface area (Å²) in [7, 11) is 0. The first-order chi connectivity index (χ1) is 9.86. The summed E-state index contributed by atoms with van der Waals surface area (Å²) in [6.45, 7) is 3.98. The third kappa shape index (κ3) is 3.71. The number of nitrogens with two attached hydrogens (primary N) is 1. The van der Waals surface area contributed by atoms with E-state index >= 15 is 0 Å². The molecule has 0 bridgehead atoms. The van der Waals surface area contributed by atoms with Crippen molar-refractivity contribution in [2.45, 2.75) is 32.7 Å². The first kappa shape index (κ1) is 15.3. The molecular weight excluding hydrogens is 273 g/mol. The number of nitrogens with one attached hydrogen (secondary N) is 1. The van der Waals surface area contributed by atoms with Crippen LogP contribution in [0.3, 0.4) is 0 Å². The number of rotatable bonds is 2. The van der Waals surface area contributed by atoms with E-state index in [9.17, 15) is 14.0 Å². The maximum absolute atomic E-state index is 13.3. The Labute approximate surface area is 123 Å². The topological polar surface area (TPSA) is 75.4 Å². The number of piperidine rings is 1. The number of nitrogens with zero attached hydrogens (tertiary/aromatic N) is 1. The predicted molar refractivity (Wildman–Crippen MR) is 78.2 cm³/mol. The van der Waals surface area contributed by atoms with Gasteiger partial charge in [-0.1, -0.05) is 0 Å². The van der Waals surface area contributed by atoms with Crippen LogP contribution in [0.4, 0.5) is 14.9 Å². The van der Waals surface area contributed by atoms with Crippen molar-refractivity contribution in [3.8, 4) is 0 Å². The second-order valence-electron chi connectivity index (χ2n) is 5.63. The highest BCUT2D eigenvalue weighted by molar-refractivity contribution is 5.90. The Hall–Kier alpha value is -2.11. The molecule has 1 heterocycles. The van der Waals surface area contributed by atoms with Crippen molar-refractivity contribution in [2.75, 3.05) is 11.9 Å². The number of halogens is 1. The van der Waals surface area contributed by atoms with Gasteiger partial charge < -0.3 is 16.0 Å². The van der Waals surface area contributed by atoms with Crippen LogP contribution < -0.4 is 11.1 Å². The average molecular weight is 293 g/mol. The number of carbonyl (C=O) groups excluding carboxylic acids is 2. The van der Waals surface area contributed by atoms with Gasteiger partial charge in [-0.15, -0.1) is 0 Å². The highest BCUT2D eigenvalue weighted by Crippen LogP contribution is 2.23. The van der Waals surface area contributed by atoms with E-state index in [0.717, 1.165) is 12.0 Å². The molecule has 0 aliphatic carbocycles. The standard InChI is InChI=1S/C15H20FN3O2/c1-9-5-12(16)7-13(6-9)18-15(21)19-8-11(14(17)20)4-3-10(19)2/h5-7,10-11H,3-4,8H2,1-2H3,(H2,17,20)(H,18,21)/t10-,11+/m0/s1. The lowest BCUT2D eigenvalue weighted by atomic mass is 9.93. The van der Waals surface area contributed by atoms with Gasteiger partial charge >= 0.3 is 6.03 Å². The fourth-order valence-corrected chi connectivity index (χ4v) is 2.63. The monoisotopic (exact) mass is 293 g/mol. The number of anilines is 1. The number of primary amides is 1. The Kier molecular flexibility index (Phi) is 4.45. The number of hydrogen-bond acceptors (Lipinski definition) is 2. The molecule has 114 valence electrons. The molecule has 6 heteroatoms. The van der Waals surface area contributed by atoms with Gasteiger partial charge in [-0.25, -0.2) is 9.18 Å². The maximum Gasteiger partial charge on any atom is 0.322 e. The SMILES string of the molecule is Cc1cc(F)cc(NC(=O)N2C[C@H](C(N)=O)CC[C@@H]2C)c1. The summed E-state index contributed by atoms with van der Waals surface area (Å²) in [6, 6.07) is 4.04. The molecule has 0 saturated carbocycles. The molecule has 1 aliphatic heterocycles. The molecule has 0 unspecified atom stereocenters. The molecule has 1 fully saturated rings. The lowest BCUT2D eigenvalue weighted by molar-refractivity contribution is -0.123. The summed E-state index contributed by atoms with van der Waals surface area (Å²) in [5.74, 6) is -1.10. The molecular formula is C15H20FN3O2. The molecule has 1 aromatic carbocycles. The van der Waals surface area contributed by atoms with Crippen molar-refractivity contribution in [1.29, 1.82) is 0 Å². The zero-order valence-electron chi connectivity index (χ0n) is 12.2. The van der Waals surface area contributed by atoms with E-state index < -0.39 is 5.82 Å². The number of aryl methyl sites for hydroxylation is 1. The summed E-state index contributed by atoms with van der Waals surface area (Å²) < 4.78 is 13.3. The number of urea groups is 1. The average Bonchev–Trinajstić information content (AvgIpc) is 2.37. The largest absolute Gasteiger partial charge is 0.369 e. The lowest BCUT2D eigenvalue weighted by Gasteiger charge is -2.36. The van der Waals surface area contributed by atoms with Crippen LogP contribution in [0.5, 0.6) is 0 Å². The van der Waals surface area contributed by atoms with E-state index in [1.165, 1.54) is 12.1 Å². The minimum absolute atomic E-state index is 0.0234. The third-order valence-corrected chi connectivity index (χ3v) is 3.84. The van der Waals surface area contributed by atoms with Gasteiger partial charge in [-0.3, -0.25) is 4.79 Å². The van der Waals surface area contributed by atoms with Crippen LogP contribution in [0.2, 0.25) is 0 Å². The molecule has 1 aromatic rings. The number of carbonyl (C=O) groups is 2. The second kappa shape index (κ2) is 6.11. The molecule has 2 rings (SSSR count). The van der Waals surface area contributed by atoms with Crippen LogP contribution in [0, 0.1) is 18.7 Å². The summed E-state index contributed by atoms with van der Waals surface area (Å²) in [6.07, 6.45) is 1.42. The number of benzene rings is 1. The molecule has 0 aromatic heterocycles. The number of likely N-dealkylation sites (tertiary alicyclic amines) is 1. The summed E-state index contributed by atoms with van der Waals surface area (Å²) in [4.78, 5) is 25.2. The molecule has 2 atom stereocenters. The summed E-state index contributed by atoms with van der Waals surface area (Å²) >= 11 is 0. The van der Waals surface area contributed by atoms with Gasteiger partial charge in [0.25, 0.3) is 0 Å². The van der Waals surface area contributed by atoms with Gasteiger partial charge in [0, 0.05) is 18.3 Å². The van der Waals surface area contributed by atoms with Crippen LogP contribution in [0.15, 0.2) is 18.2 Å². The molecule has 1 saturated heterocycles. The van der Waals surface area contributed by atoms with Crippen molar-refractivity contribution in [3.05, 3.63) is 29.6 Å². The first-order valence-electron chi connectivity index (χ1n) is 7.01. The quantitative estimate of drug-likeness (QED) is 0.877. The van der Waals surface area contributed by atoms with E-state index in [4.69, 9.17) is 5.73 Å². The van der Waals surface area contributed by atoms with Crippen molar-refractivity contribution in [2.24, 2.45) is 11.7 Å². The summed E-state index contributed by atoms with van der Waals surface area (Å²) in [5, 5.41) is 2.68. The van der Waals surface area contributed by atoms with Crippen molar-refractivity contribution in [1.82, 2.24) is 4.90 Å². The Morgan fingerprint density at radius 2 is 2.05 bits per heavy atom. The van der Waals surface area contributed by atoms with E-state index in [-0.39, 0.29) is 23.9 Å². The Balaban J connectivity index is 2.09. The van der Waals surface area contributed by atoms with Crippen LogP contribution in [0.1, 0.15) is 25.3 Å². The molecule has 3 N–H and O–H groups in total. The van der Waals surface area contributed by atoms with Gasteiger partial charge in [0.15, 0.2) is 0 Å². The second-order valence-corrected chi connectivity index (χ2v) is 5.63. The minimum Gasteiger partial charge on any atom is -0.369 e. The third-order valence-electron chi connectivity index (χ3n) is 3.84. The molecule has 21 heavy (non-hydrogen) atoms. The zero-order valence-corrected chi connectivity index (χ0v) is 12.2. The Morgan fingerprint density at radius 3 is 2.67 bits per heavy atom. The lowest BCUT2D eigenvalue weighted by Crippen LogP contribution is -2.50. The van der Waals surface area contributed by atoms with E-state index in [0.29, 0.717) is 18.7 Å². The molecule has 0 radical (unpaired) electrons. The predicted octanol–water partition coefficient (Wildman–Crippen LogP) is 2.25. The molecule has 0 spiro atoms. The Morgan fingerprint density at radius 1 is 1.33 bits per heavy atom. The van der Waals surface area contributed by atoms with Crippen molar-refractivity contribution < 1.29 is 14.0 Å². The van der Waals surface area contributed by atoms with Crippen molar-refractivity contribution in [3.63, 3.8) is 0 Å². The van der Waals surface area contributed by atoms with E-state index in [2.05, 4.69) is 5.32 Å². The van der Waals surface area contributed by atoms with Gasteiger partial charge in [-0.05, 0) is 50.5 Å². The molecule has 5 nitrogen and oxygen atoms in total. The van der Waals surface area contributed by atoms with Crippen LogP contribution in [-0.2, 0) is 4.79 Å². The highest BCUT2D eigenvalue weighted by Gasteiger charge is 2.31. The first-order valence-corrected chi connectivity index (χ1v) is 7.01. The Bertz CT molecular complexity index is 542. The van der Waals surface area contributed by atoms with E-state index in [1.54, 1.807) is 17.9 Å². The van der Waals surface area contributed by atoms with Gasteiger partial charge in [0.2, 0.25) is 5.91 Å². The maximum atomic E-state index is 13.3. The van der Waals surface area contributed by atoms with Gasteiger partial charge in [0.1, 0.15) is 5.82 Å². The molecule has 1 aliphatic rings. The van der Waals surface area contributed by atoms with Crippen LogP contribution in [-0.4, -0.2) is 29.4 Å². The number of hydrogen-bond donors (Lipinski definition) is 2. The highest BCUT2D eigenvalue weighted by atomic mass is 19.1. The number of amides is 3. The van der Waals surface area contributed by atoms with Gasteiger partial charge in [-0.2, -0.15) is 0 Å². The normalized spacial score (nSPS) is 22.0. The van der Waals surface area contributed by atoms with Crippen molar-refractivity contribution >= 4 is 17.6 Å². The minimum atomic E-state index is -0.396. The van der Waals surface area contributed by atoms with Gasteiger partial charge in [0.05, 0.1) is 5.92 Å².